The summed E-state index contributed by atoms with van der Waals surface area (Å²) in [6, 6.07) is 2.69. The van der Waals surface area contributed by atoms with E-state index < -0.39 is 0 Å². The van der Waals surface area contributed by atoms with Crippen molar-refractivity contribution in [1.29, 1.82) is 0 Å². The molecule has 1 atom stereocenters. The van der Waals surface area contributed by atoms with Crippen molar-refractivity contribution in [3.05, 3.63) is 22.4 Å². The van der Waals surface area contributed by atoms with Crippen LogP contribution in [-0.2, 0) is 4.79 Å². The van der Waals surface area contributed by atoms with Gasteiger partial charge in [-0.3, -0.25) is 4.79 Å². The lowest BCUT2D eigenvalue weighted by molar-refractivity contribution is -0.117. The fourth-order valence-corrected chi connectivity index (χ4v) is 1.87. The number of anilines is 2. The Morgan fingerprint density at radius 3 is 2.87 bits per heavy atom. The number of rotatable bonds is 1. The first-order valence-electron chi connectivity index (χ1n) is 4.68. The molecule has 5 heteroatoms. The molecule has 1 aromatic carbocycles. The van der Waals surface area contributed by atoms with Crippen LogP contribution < -0.4 is 10.6 Å². The number of nitrogens with one attached hydrogen (secondary N) is 2. The van der Waals surface area contributed by atoms with Gasteiger partial charge in [0.25, 0.3) is 0 Å². The van der Waals surface area contributed by atoms with Crippen LogP contribution in [-0.4, -0.2) is 11.9 Å². The Morgan fingerprint density at radius 1 is 1.47 bits per heavy atom. The third kappa shape index (κ3) is 1.84. The second-order valence-electron chi connectivity index (χ2n) is 3.41. The van der Waals surface area contributed by atoms with Gasteiger partial charge in [-0.1, -0.05) is 6.92 Å². The highest BCUT2D eigenvalue weighted by Gasteiger charge is 2.24. The third-order valence-corrected chi connectivity index (χ3v) is 2.98. The summed E-state index contributed by atoms with van der Waals surface area (Å²) in [5, 5.41) is 5.72. The molecule has 3 nitrogen and oxygen atoms in total. The Hall–Kier alpha value is -1.10. The maximum Gasteiger partial charge on any atom is 0.246 e. The second kappa shape index (κ2) is 3.81. The van der Waals surface area contributed by atoms with E-state index in [1.807, 2.05) is 6.92 Å². The highest BCUT2D eigenvalue weighted by Crippen LogP contribution is 2.32. The summed E-state index contributed by atoms with van der Waals surface area (Å²) in [5.41, 5.74) is 1.24. The molecule has 15 heavy (non-hydrogen) atoms. The van der Waals surface area contributed by atoms with E-state index in [2.05, 4.69) is 26.6 Å². The summed E-state index contributed by atoms with van der Waals surface area (Å²) in [5.74, 6) is -0.502. The molecule has 1 aliphatic heterocycles. The Labute approximate surface area is 95.2 Å². The van der Waals surface area contributed by atoms with Crippen LogP contribution in [0.1, 0.15) is 13.3 Å². The molecule has 1 aliphatic rings. The first-order valence-corrected chi connectivity index (χ1v) is 5.47. The van der Waals surface area contributed by atoms with Gasteiger partial charge in [-0.05, 0) is 28.4 Å². The molecule has 0 saturated carbocycles. The van der Waals surface area contributed by atoms with E-state index in [1.54, 1.807) is 6.07 Å². The molecule has 1 heterocycles. The number of carbonyl (C=O) groups excluding carboxylic acids is 1. The number of benzene rings is 1. The molecule has 0 saturated heterocycles. The zero-order valence-electron chi connectivity index (χ0n) is 8.10. The molecule has 1 unspecified atom stereocenters. The van der Waals surface area contributed by atoms with Gasteiger partial charge in [0.1, 0.15) is 11.9 Å². The standard InChI is InChI=1S/C10H10BrFN2O/c1-2-7-10(15)14-9-4-6(12)5(11)3-8(9)13-7/h3-4,7,13H,2H2,1H3,(H,14,15). The van der Waals surface area contributed by atoms with E-state index in [4.69, 9.17) is 0 Å². The van der Waals surface area contributed by atoms with Crippen LogP contribution in [0.3, 0.4) is 0 Å². The molecule has 0 aromatic heterocycles. The minimum Gasteiger partial charge on any atom is -0.372 e. The van der Waals surface area contributed by atoms with Crippen LogP contribution in [0, 0.1) is 5.82 Å². The van der Waals surface area contributed by atoms with Crippen molar-refractivity contribution >= 4 is 33.2 Å². The Kier molecular flexibility index (Phi) is 2.65. The van der Waals surface area contributed by atoms with E-state index in [0.717, 1.165) is 5.69 Å². The van der Waals surface area contributed by atoms with Gasteiger partial charge in [0.15, 0.2) is 0 Å². The van der Waals surface area contributed by atoms with Crippen molar-refractivity contribution in [3.8, 4) is 0 Å². The van der Waals surface area contributed by atoms with Crippen molar-refractivity contribution in [2.75, 3.05) is 10.6 Å². The number of amides is 1. The molecule has 0 spiro atoms. The molecule has 2 rings (SSSR count). The summed E-state index contributed by atoms with van der Waals surface area (Å²) in [7, 11) is 0. The molecular formula is C10H10BrFN2O. The van der Waals surface area contributed by atoms with Gasteiger partial charge < -0.3 is 10.6 Å². The normalized spacial score (nSPS) is 19.1. The van der Waals surface area contributed by atoms with Crippen LogP contribution in [0.5, 0.6) is 0 Å². The molecular weight excluding hydrogens is 263 g/mol. The third-order valence-electron chi connectivity index (χ3n) is 2.37. The first-order chi connectivity index (χ1) is 7.11. The maximum atomic E-state index is 13.2. The van der Waals surface area contributed by atoms with Crippen LogP contribution in [0.4, 0.5) is 15.8 Å². The smallest absolute Gasteiger partial charge is 0.246 e. The van der Waals surface area contributed by atoms with Gasteiger partial charge in [-0.2, -0.15) is 0 Å². The van der Waals surface area contributed by atoms with E-state index in [-0.39, 0.29) is 17.8 Å². The molecule has 0 aliphatic carbocycles. The van der Waals surface area contributed by atoms with E-state index in [1.165, 1.54) is 6.07 Å². The fraction of sp³-hybridized carbons (Fsp3) is 0.300. The summed E-state index contributed by atoms with van der Waals surface area (Å²) in [4.78, 5) is 11.5. The van der Waals surface area contributed by atoms with Crippen molar-refractivity contribution in [3.63, 3.8) is 0 Å². The lowest BCUT2D eigenvalue weighted by Crippen LogP contribution is -2.38. The van der Waals surface area contributed by atoms with E-state index in [9.17, 15) is 9.18 Å². The van der Waals surface area contributed by atoms with Crippen LogP contribution in [0.25, 0.3) is 0 Å². The summed E-state index contributed by atoms with van der Waals surface area (Å²) < 4.78 is 13.6. The van der Waals surface area contributed by atoms with E-state index >= 15 is 0 Å². The average molecular weight is 273 g/mol. The van der Waals surface area contributed by atoms with Crippen molar-refractivity contribution in [1.82, 2.24) is 0 Å². The number of hydrogen-bond acceptors (Lipinski definition) is 2. The molecule has 0 radical (unpaired) electrons. The number of carbonyl (C=O) groups is 1. The minimum absolute atomic E-state index is 0.119. The van der Waals surface area contributed by atoms with Gasteiger partial charge in [-0.25, -0.2) is 4.39 Å². The van der Waals surface area contributed by atoms with Gasteiger partial charge in [0.05, 0.1) is 15.8 Å². The SMILES string of the molecule is CCC1Nc2cc(Br)c(F)cc2NC1=O. The van der Waals surface area contributed by atoms with Crippen LogP contribution in [0.2, 0.25) is 0 Å². The number of fused-ring (bicyclic) bond motifs is 1. The average Bonchev–Trinajstić information content (AvgIpc) is 2.20. The molecule has 1 aromatic rings. The highest BCUT2D eigenvalue weighted by atomic mass is 79.9. The van der Waals surface area contributed by atoms with Crippen LogP contribution >= 0.6 is 15.9 Å². The Bertz CT molecular complexity index is 422. The summed E-state index contributed by atoms with van der Waals surface area (Å²) >= 11 is 3.10. The monoisotopic (exact) mass is 272 g/mol. The second-order valence-corrected chi connectivity index (χ2v) is 4.26. The van der Waals surface area contributed by atoms with Crippen LogP contribution in [0.15, 0.2) is 16.6 Å². The fourth-order valence-electron chi connectivity index (χ4n) is 1.53. The summed E-state index contributed by atoms with van der Waals surface area (Å²) in [6.07, 6.45) is 0.695. The molecule has 2 N–H and O–H groups in total. The zero-order chi connectivity index (χ0) is 11.0. The van der Waals surface area contributed by atoms with Gasteiger partial charge in [0.2, 0.25) is 5.91 Å². The highest BCUT2D eigenvalue weighted by molar-refractivity contribution is 9.10. The number of hydrogen-bond donors (Lipinski definition) is 2. The molecule has 1 amide bonds. The number of halogens is 2. The predicted octanol–water partition coefficient (Wildman–Crippen LogP) is 2.73. The largest absolute Gasteiger partial charge is 0.372 e. The maximum absolute atomic E-state index is 13.2. The predicted molar refractivity (Wildman–Crippen MR) is 60.4 cm³/mol. The Balaban J connectivity index is 2.41. The summed E-state index contributed by atoms with van der Waals surface area (Å²) in [6.45, 7) is 1.92. The van der Waals surface area contributed by atoms with Crippen molar-refractivity contribution in [2.45, 2.75) is 19.4 Å². The zero-order valence-corrected chi connectivity index (χ0v) is 9.69. The van der Waals surface area contributed by atoms with Crippen molar-refractivity contribution in [2.24, 2.45) is 0 Å². The van der Waals surface area contributed by atoms with Gasteiger partial charge in [0, 0.05) is 6.07 Å². The molecule has 0 bridgehead atoms. The lowest BCUT2D eigenvalue weighted by Gasteiger charge is -2.26. The quantitative estimate of drug-likeness (QED) is 0.826. The molecule has 0 fully saturated rings. The van der Waals surface area contributed by atoms with E-state index in [0.29, 0.717) is 16.6 Å². The topological polar surface area (TPSA) is 41.1 Å². The first kappa shape index (κ1) is 10.4. The minimum atomic E-state index is -0.384. The Morgan fingerprint density at radius 2 is 2.20 bits per heavy atom. The molecule has 80 valence electrons. The van der Waals surface area contributed by atoms with Gasteiger partial charge in [-0.15, -0.1) is 0 Å². The lowest BCUT2D eigenvalue weighted by atomic mass is 10.1. The van der Waals surface area contributed by atoms with Gasteiger partial charge >= 0.3 is 0 Å². The van der Waals surface area contributed by atoms with Crippen molar-refractivity contribution < 1.29 is 9.18 Å².